The largest absolute Gasteiger partial charge is 0.325 e. The van der Waals surface area contributed by atoms with Crippen LogP contribution in [0, 0.1) is 11.7 Å². The van der Waals surface area contributed by atoms with Crippen molar-refractivity contribution in [1.82, 2.24) is 14.9 Å². The number of urea groups is 1. The summed E-state index contributed by atoms with van der Waals surface area (Å²) in [5, 5.41) is -0.0729. The Morgan fingerprint density at radius 2 is 2.22 bits per heavy atom. The third-order valence-corrected chi connectivity index (χ3v) is 3.20. The molecule has 2 heterocycles. The normalized spacial score (nSPS) is 20.1. The first-order chi connectivity index (χ1) is 8.41. The van der Waals surface area contributed by atoms with Crippen molar-refractivity contribution in [2.45, 2.75) is 19.9 Å². The topological polar surface area (TPSA) is 49.3 Å². The Hall–Kier alpha value is -1.43. The van der Waals surface area contributed by atoms with Crippen LogP contribution < -0.4 is 4.90 Å². The second-order valence-corrected chi connectivity index (χ2v) is 4.99. The van der Waals surface area contributed by atoms with Crippen LogP contribution in [0.4, 0.5) is 15.0 Å². The lowest BCUT2D eigenvalue weighted by Gasteiger charge is -2.25. The summed E-state index contributed by atoms with van der Waals surface area (Å²) in [6.07, 6.45) is 0.980. The highest BCUT2D eigenvalue weighted by Crippen LogP contribution is 2.28. The van der Waals surface area contributed by atoms with E-state index in [0.717, 1.165) is 6.20 Å². The smallest absolute Gasteiger partial charge is 0.325 e. The van der Waals surface area contributed by atoms with Crippen molar-refractivity contribution >= 4 is 23.4 Å². The zero-order chi connectivity index (χ0) is 13.4. The number of hydrogen-bond donors (Lipinski definition) is 0. The first kappa shape index (κ1) is 13.0. The van der Waals surface area contributed by atoms with Gasteiger partial charge in [-0.3, -0.25) is 4.90 Å². The molecule has 1 aromatic heterocycles. The maximum atomic E-state index is 13.8. The molecule has 1 fully saturated rings. The van der Waals surface area contributed by atoms with E-state index in [1.54, 1.807) is 11.9 Å². The summed E-state index contributed by atoms with van der Waals surface area (Å²) in [4.78, 5) is 22.3. The van der Waals surface area contributed by atoms with Gasteiger partial charge in [-0.2, -0.15) is 4.98 Å². The number of halogens is 2. The summed E-state index contributed by atoms with van der Waals surface area (Å²) in [5.74, 6) is -0.510. The van der Waals surface area contributed by atoms with Gasteiger partial charge in [0.25, 0.3) is 0 Å². The lowest BCUT2D eigenvalue weighted by molar-refractivity contribution is 0.229. The number of aromatic nitrogens is 2. The molecule has 5 nitrogen and oxygen atoms in total. The Bertz CT molecular complexity index is 482. The molecule has 1 aliphatic heterocycles. The molecule has 1 aliphatic rings. The monoisotopic (exact) mass is 272 g/mol. The van der Waals surface area contributed by atoms with Gasteiger partial charge in [0, 0.05) is 13.6 Å². The van der Waals surface area contributed by atoms with Crippen molar-refractivity contribution in [3.05, 3.63) is 17.3 Å². The molecule has 18 heavy (non-hydrogen) atoms. The minimum absolute atomic E-state index is 0.0527. The molecule has 7 heteroatoms. The van der Waals surface area contributed by atoms with Gasteiger partial charge in [-0.15, -0.1) is 0 Å². The maximum absolute atomic E-state index is 13.8. The van der Waals surface area contributed by atoms with Gasteiger partial charge in [-0.05, 0) is 17.5 Å². The Morgan fingerprint density at radius 1 is 1.56 bits per heavy atom. The molecule has 98 valence electrons. The molecule has 0 N–H and O–H groups in total. The van der Waals surface area contributed by atoms with E-state index in [1.807, 2.05) is 13.8 Å². The number of hydrogen-bond acceptors (Lipinski definition) is 3. The molecule has 1 atom stereocenters. The highest BCUT2D eigenvalue weighted by molar-refractivity contribution is 6.28. The Kier molecular flexibility index (Phi) is 3.38. The van der Waals surface area contributed by atoms with E-state index >= 15 is 0 Å². The average molecular weight is 273 g/mol. The molecule has 1 saturated heterocycles. The first-order valence-corrected chi connectivity index (χ1v) is 6.02. The molecule has 2 rings (SSSR count). The summed E-state index contributed by atoms with van der Waals surface area (Å²) >= 11 is 5.67. The van der Waals surface area contributed by atoms with E-state index in [4.69, 9.17) is 11.6 Å². The van der Waals surface area contributed by atoms with Crippen molar-refractivity contribution in [3.8, 4) is 0 Å². The molecule has 0 spiro atoms. The Labute approximate surface area is 110 Å². The fourth-order valence-electron chi connectivity index (χ4n) is 2.03. The van der Waals surface area contributed by atoms with E-state index < -0.39 is 5.82 Å². The van der Waals surface area contributed by atoms with Crippen LogP contribution in [-0.4, -0.2) is 40.5 Å². The van der Waals surface area contributed by atoms with Gasteiger partial charge in [0.15, 0.2) is 11.6 Å². The third kappa shape index (κ3) is 2.12. The van der Waals surface area contributed by atoms with Crippen LogP contribution in [0.2, 0.25) is 5.28 Å². The van der Waals surface area contributed by atoms with Crippen LogP contribution in [0.5, 0.6) is 0 Å². The highest BCUT2D eigenvalue weighted by Gasteiger charge is 2.40. The van der Waals surface area contributed by atoms with Gasteiger partial charge in [-0.1, -0.05) is 13.8 Å². The van der Waals surface area contributed by atoms with E-state index in [0.29, 0.717) is 6.54 Å². The molecule has 1 aromatic rings. The minimum atomic E-state index is -0.645. The molecule has 0 aromatic carbocycles. The quantitative estimate of drug-likeness (QED) is 0.775. The van der Waals surface area contributed by atoms with Crippen molar-refractivity contribution in [2.75, 3.05) is 18.5 Å². The van der Waals surface area contributed by atoms with E-state index in [1.165, 1.54) is 4.90 Å². The summed E-state index contributed by atoms with van der Waals surface area (Å²) in [7, 11) is 1.68. The summed E-state index contributed by atoms with van der Waals surface area (Å²) in [6, 6.07) is -0.398. The third-order valence-electron chi connectivity index (χ3n) is 3.02. The molecule has 0 aliphatic carbocycles. The van der Waals surface area contributed by atoms with Crippen molar-refractivity contribution in [2.24, 2.45) is 5.92 Å². The maximum Gasteiger partial charge on any atom is 0.325 e. The van der Waals surface area contributed by atoms with Crippen LogP contribution in [-0.2, 0) is 0 Å². The molecule has 0 radical (unpaired) electrons. The van der Waals surface area contributed by atoms with Gasteiger partial charge in [0.1, 0.15) is 0 Å². The number of nitrogens with zero attached hydrogens (tertiary/aromatic N) is 4. The number of anilines is 1. The van der Waals surface area contributed by atoms with Crippen LogP contribution >= 0.6 is 11.6 Å². The predicted octanol–water partition coefficient (Wildman–Crippen LogP) is 2.17. The molecule has 2 amide bonds. The van der Waals surface area contributed by atoms with Gasteiger partial charge >= 0.3 is 6.03 Å². The fraction of sp³-hybridized carbons (Fsp3) is 0.545. The number of amides is 2. The lowest BCUT2D eigenvalue weighted by Crippen LogP contribution is -2.38. The first-order valence-electron chi connectivity index (χ1n) is 5.64. The molecule has 0 unspecified atom stereocenters. The standard InChI is InChI=1S/C11H14ClFN4O/c1-6(2)8-5-16(3)11(18)17(8)9-7(13)4-14-10(12)15-9/h4,6,8H,5H2,1-3H3/t8-/m1/s1. The van der Waals surface area contributed by atoms with Crippen LogP contribution in [0.1, 0.15) is 13.8 Å². The van der Waals surface area contributed by atoms with Crippen molar-refractivity contribution in [1.29, 1.82) is 0 Å². The van der Waals surface area contributed by atoms with E-state index in [9.17, 15) is 9.18 Å². The van der Waals surface area contributed by atoms with Crippen LogP contribution in [0.25, 0.3) is 0 Å². The number of rotatable bonds is 2. The van der Waals surface area contributed by atoms with Gasteiger partial charge < -0.3 is 4.90 Å². The van der Waals surface area contributed by atoms with Gasteiger partial charge in [-0.25, -0.2) is 14.2 Å². The van der Waals surface area contributed by atoms with Crippen molar-refractivity contribution < 1.29 is 9.18 Å². The second kappa shape index (κ2) is 4.68. The lowest BCUT2D eigenvalue weighted by atomic mass is 10.0. The zero-order valence-corrected chi connectivity index (χ0v) is 11.1. The number of likely N-dealkylation sites (N-methyl/N-ethyl adjacent to an activating group) is 1. The molecule has 0 saturated carbocycles. The Morgan fingerprint density at radius 3 is 2.83 bits per heavy atom. The summed E-state index contributed by atoms with van der Waals surface area (Å²) in [6.45, 7) is 4.49. The Balaban J connectivity index is 2.46. The van der Waals surface area contributed by atoms with Crippen LogP contribution in [0.3, 0.4) is 0 Å². The fourth-order valence-corrected chi connectivity index (χ4v) is 2.16. The average Bonchev–Trinajstić information content (AvgIpc) is 2.60. The van der Waals surface area contributed by atoms with Crippen LogP contribution in [0.15, 0.2) is 6.20 Å². The number of carbonyl (C=O) groups is 1. The highest BCUT2D eigenvalue weighted by atomic mass is 35.5. The SMILES string of the molecule is CC(C)[C@H]1CN(C)C(=O)N1c1nc(Cl)ncc1F. The summed E-state index contributed by atoms with van der Waals surface area (Å²) < 4.78 is 13.8. The molecule has 0 bridgehead atoms. The van der Waals surface area contributed by atoms with Crippen molar-refractivity contribution in [3.63, 3.8) is 0 Å². The van der Waals surface area contributed by atoms with Gasteiger partial charge in [0.2, 0.25) is 5.28 Å². The predicted molar refractivity (Wildman–Crippen MR) is 66.1 cm³/mol. The molecular formula is C11H14ClFN4O. The number of carbonyl (C=O) groups excluding carboxylic acids is 1. The zero-order valence-electron chi connectivity index (χ0n) is 10.4. The van der Waals surface area contributed by atoms with E-state index in [-0.39, 0.29) is 29.1 Å². The van der Waals surface area contributed by atoms with Gasteiger partial charge in [0.05, 0.1) is 12.2 Å². The second-order valence-electron chi connectivity index (χ2n) is 4.66. The van der Waals surface area contributed by atoms with E-state index in [2.05, 4.69) is 9.97 Å². The molecular weight excluding hydrogens is 259 g/mol. The minimum Gasteiger partial charge on any atom is -0.325 e. The summed E-state index contributed by atoms with van der Waals surface area (Å²) in [5.41, 5.74) is 0.